The van der Waals surface area contributed by atoms with Crippen molar-refractivity contribution in [1.29, 1.82) is 0 Å². The van der Waals surface area contributed by atoms with Gasteiger partial charge in [-0.3, -0.25) is 19.4 Å². The number of aldehydes is 1. The summed E-state index contributed by atoms with van der Waals surface area (Å²) in [6.07, 6.45) is 1.20. The first-order chi connectivity index (χ1) is 12.5. The van der Waals surface area contributed by atoms with Crippen LogP contribution < -0.4 is 0 Å². The topological polar surface area (TPSA) is 127 Å². The lowest BCUT2D eigenvalue weighted by Gasteiger charge is -2.22. The van der Waals surface area contributed by atoms with Crippen LogP contribution in [-0.4, -0.2) is 80.9 Å². The van der Waals surface area contributed by atoms with Crippen LogP contribution in [-0.2, 0) is 20.9 Å². The van der Waals surface area contributed by atoms with Gasteiger partial charge in [0.1, 0.15) is 12.1 Å². The number of carboxylic acid groups (broad SMARTS) is 2. The number of aliphatic carboxylic acids is 2. The molecule has 1 aromatic heterocycles. The van der Waals surface area contributed by atoms with Gasteiger partial charge in [-0.2, -0.15) is 0 Å². The molecular weight excluding hydrogens is 340 g/mol. The fraction of sp³-hybridized carbons (Fsp3) is 0.412. The van der Waals surface area contributed by atoms with Crippen molar-refractivity contribution in [2.24, 2.45) is 0 Å². The highest BCUT2D eigenvalue weighted by atomic mass is 16.4. The smallest absolute Gasteiger partial charge is 0.317 e. The monoisotopic (exact) mass is 362 g/mol. The van der Waals surface area contributed by atoms with E-state index in [1.165, 1.54) is 4.90 Å². The van der Waals surface area contributed by atoms with E-state index in [1.807, 2.05) is 24.3 Å². The fourth-order valence-electron chi connectivity index (χ4n) is 2.75. The SMILES string of the molecule is O=CCN(CCCN(CC(=O)O)Cc1nc2ccccc2[nH]1)CC(=O)O. The number of H-pyrrole nitrogens is 1. The van der Waals surface area contributed by atoms with E-state index in [2.05, 4.69) is 9.97 Å². The van der Waals surface area contributed by atoms with Gasteiger partial charge in [0.2, 0.25) is 0 Å². The number of hydrogen-bond donors (Lipinski definition) is 3. The van der Waals surface area contributed by atoms with Crippen molar-refractivity contribution < 1.29 is 24.6 Å². The summed E-state index contributed by atoms with van der Waals surface area (Å²) in [5, 5.41) is 18.0. The lowest BCUT2D eigenvalue weighted by Crippen LogP contribution is -2.36. The molecule has 3 N–H and O–H groups in total. The number of aromatic amines is 1. The van der Waals surface area contributed by atoms with Crippen LogP contribution in [0.2, 0.25) is 0 Å². The Morgan fingerprint density at radius 3 is 2.38 bits per heavy atom. The van der Waals surface area contributed by atoms with Crippen molar-refractivity contribution in [2.75, 3.05) is 32.7 Å². The first-order valence-corrected chi connectivity index (χ1v) is 8.23. The number of fused-ring (bicyclic) bond motifs is 1. The Morgan fingerprint density at radius 1 is 1.08 bits per heavy atom. The fourth-order valence-corrected chi connectivity index (χ4v) is 2.75. The third-order valence-corrected chi connectivity index (χ3v) is 3.81. The number of carboxylic acids is 2. The van der Waals surface area contributed by atoms with E-state index in [0.29, 0.717) is 38.2 Å². The summed E-state index contributed by atoms with van der Waals surface area (Å²) in [4.78, 5) is 43.4. The van der Waals surface area contributed by atoms with Gasteiger partial charge in [-0.25, -0.2) is 4.98 Å². The molecule has 26 heavy (non-hydrogen) atoms. The molecule has 0 radical (unpaired) electrons. The molecule has 0 unspecified atom stereocenters. The van der Waals surface area contributed by atoms with E-state index in [-0.39, 0.29) is 19.6 Å². The Labute approximate surface area is 150 Å². The zero-order valence-electron chi connectivity index (χ0n) is 14.3. The Hall–Kier alpha value is -2.78. The molecule has 0 aliphatic rings. The number of nitrogens with zero attached hydrogens (tertiary/aromatic N) is 3. The molecule has 2 rings (SSSR count). The van der Waals surface area contributed by atoms with Crippen molar-refractivity contribution in [1.82, 2.24) is 19.8 Å². The maximum atomic E-state index is 11.1. The molecule has 0 amide bonds. The summed E-state index contributed by atoms with van der Waals surface area (Å²) >= 11 is 0. The number of hydrogen-bond acceptors (Lipinski definition) is 6. The van der Waals surface area contributed by atoms with Crippen LogP contribution in [0.25, 0.3) is 11.0 Å². The minimum atomic E-state index is -1.00. The average Bonchev–Trinajstić information content (AvgIpc) is 2.96. The largest absolute Gasteiger partial charge is 0.480 e. The Kier molecular flexibility index (Phi) is 7.24. The minimum absolute atomic E-state index is 0.0365. The van der Waals surface area contributed by atoms with Crippen LogP contribution in [0.3, 0.4) is 0 Å². The highest BCUT2D eigenvalue weighted by molar-refractivity contribution is 5.74. The first-order valence-electron chi connectivity index (χ1n) is 8.23. The van der Waals surface area contributed by atoms with E-state index < -0.39 is 11.9 Å². The van der Waals surface area contributed by atoms with Crippen molar-refractivity contribution in [3.8, 4) is 0 Å². The number of rotatable bonds is 12. The summed E-state index contributed by atoms with van der Waals surface area (Å²) in [5.74, 6) is -1.28. The molecular formula is C17H22N4O5. The Morgan fingerprint density at radius 2 is 1.73 bits per heavy atom. The normalized spacial score (nSPS) is 11.3. The lowest BCUT2D eigenvalue weighted by molar-refractivity contribution is -0.139. The van der Waals surface area contributed by atoms with Crippen LogP contribution in [0.5, 0.6) is 0 Å². The molecule has 0 atom stereocenters. The summed E-state index contributed by atoms with van der Waals surface area (Å²) in [6.45, 7) is 0.840. The second kappa shape index (κ2) is 9.64. The first kappa shape index (κ1) is 19.5. The van der Waals surface area contributed by atoms with E-state index in [4.69, 9.17) is 10.2 Å². The third kappa shape index (κ3) is 6.26. The van der Waals surface area contributed by atoms with Crippen LogP contribution in [0.1, 0.15) is 12.2 Å². The molecule has 0 spiro atoms. The standard InChI is InChI=1S/C17H22N4O5/c22-9-8-20(11-16(23)24)6-3-7-21(12-17(25)26)10-15-18-13-4-1-2-5-14(13)19-15/h1-2,4-5,9H,3,6-8,10-12H2,(H,18,19)(H,23,24)(H,25,26). The predicted octanol–water partition coefficient (Wildman–Crippen LogP) is 0.425. The van der Waals surface area contributed by atoms with E-state index in [1.54, 1.807) is 4.90 Å². The van der Waals surface area contributed by atoms with Crippen LogP contribution in [0.4, 0.5) is 0 Å². The molecule has 0 aliphatic carbocycles. The Balaban J connectivity index is 1.94. The van der Waals surface area contributed by atoms with Crippen LogP contribution >= 0.6 is 0 Å². The van der Waals surface area contributed by atoms with Gasteiger partial charge >= 0.3 is 11.9 Å². The molecule has 2 aromatic rings. The number of imidazole rings is 1. The zero-order valence-corrected chi connectivity index (χ0v) is 14.3. The molecule has 9 nitrogen and oxygen atoms in total. The van der Waals surface area contributed by atoms with Gasteiger partial charge in [-0.05, 0) is 18.6 Å². The second-order valence-corrected chi connectivity index (χ2v) is 5.95. The summed E-state index contributed by atoms with van der Waals surface area (Å²) in [5.41, 5.74) is 1.70. The summed E-state index contributed by atoms with van der Waals surface area (Å²) in [7, 11) is 0. The molecule has 1 aromatic carbocycles. The van der Waals surface area contributed by atoms with Gasteiger partial charge in [0, 0.05) is 13.1 Å². The molecule has 0 bridgehead atoms. The maximum absolute atomic E-state index is 11.1. The quantitative estimate of drug-likeness (QED) is 0.464. The molecule has 1 heterocycles. The molecule has 0 fully saturated rings. The lowest BCUT2D eigenvalue weighted by atomic mass is 10.3. The number of nitrogens with one attached hydrogen (secondary N) is 1. The minimum Gasteiger partial charge on any atom is -0.480 e. The number of aromatic nitrogens is 2. The van der Waals surface area contributed by atoms with Gasteiger partial charge in [-0.15, -0.1) is 0 Å². The number of carbonyl (C=O) groups excluding carboxylic acids is 1. The Bertz CT molecular complexity index is 727. The average molecular weight is 362 g/mol. The molecule has 0 saturated heterocycles. The van der Waals surface area contributed by atoms with Crippen molar-refractivity contribution in [3.63, 3.8) is 0 Å². The summed E-state index contributed by atoms with van der Waals surface area (Å²) < 4.78 is 0. The number of para-hydroxylation sites is 2. The van der Waals surface area contributed by atoms with E-state index in [9.17, 15) is 14.4 Å². The van der Waals surface area contributed by atoms with Gasteiger partial charge in [0.05, 0.1) is 37.2 Å². The maximum Gasteiger partial charge on any atom is 0.317 e. The van der Waals surface area contributed by atoms with Crippen LogP contribution in [0, 0.1) is 0 Å². The molecule has 140 valence electrons. The van der Waals surface area contributed by atoms with Crippen molar-refractivity contribution >= 4 is 29.3 Å². The molecule has 9 heteroatoms. The number of carbonyl (C=O) groups is 3. The van der Waals surface area contributed by atoms with Crippen molar-refractivity contribution in [3.05, 3.63) is 30.1 Å². The van der Waals surface area contributed by atoms with Gasteiger partial charge in [0.15, 0.2) is 0 Å². The second-order valence-electron chi connectivity index (χ2n) is 5.95. The van der Waals surface area contributed by atoms with E-state index in [0.717, 1.165) is 11.0 Å². The van der Waals surface area contributed by atoms with Gasteiger partial charge in [-0.1, -0.05) is 12.1 Å². The highest BCUT2D eigenvalue weighted by Crippen LogP contribution is 2.12. The summed E-state index contributed by atoms with van der Waals surface area (Å²) in [6, 6.07) is 7.55. The van der Waals surface area contributed by atoms with Crippen LogP contribution in [0.15, 0.2) is 24.3 Å². The van der Waals surface area contributed by atoms with Gasteiger partial charge < -0.3 is 20.0 Å². The third-order valence-electron chi connectivity index (χ3n) is 3.81. The van der Waals surface area contributed by atoms with Gasteiger partial charge in [0.25, 0.3) is 0 Å². The number of benzene rings is 1. The molecule has 0 aliphatic heterocycles. The molecule has 0 saturated carbocycles. The highest BCUT2D eigenvalue weighted by Gasteiger charge is 2.14. The zero-order chi connectivity index (χ0) is 18.9. The van der Waals surface area contributed by atoms with E-state index >= 15 is 0 Å². The predicted molar refractivity (Wildman–Crippen MR) is 93.8 cm³/mol. The van der Waals surface area contributed by atoms with Crippen molar-refractivity contribution in [2.45, 2.75) is 13.0 Å².